The van der Waals surface area contributed by atoms with Gasteiger partial charge in [0.15, 0.2) is 0 Å². The van der Waals surface area contributed by atoms with E-state index in [-0.39, 0.29) is 5.91 Å². The zero-order chi connectivity index (χ0) is 22.6. The number of nitrogens with zero attached hydrogens (tertiary/aromatic N) is 4. The number of aryl methyl sites for hydroxylation is 1. The number of fused-ring (bicyclic) bond motifs is 1. The van der Waals surface area contributed by atoms with Crippen LogP contribution in [0.3, 0.4) is 0 Å². The minimum absolute atomic E-state index is 0.119. The molecule has 0 atom stereocenters. The molecule has 6 heteroatoms. The predicted octanol–water partition coefficient (Wildman–Crippen LogP) is 4.70. The molecule has 0 spiro atoms. The van der Waals surface area contributed by atoms with Gasteiger partial charge in [-0.1, -0.05) is 48.0 Å². The highest BCUT2D eigenvalue weighted by Crippen LogP contribution is 2.32. The maximum atomic E-state index is 13.0. The van der Waals surface area contributed by atoms with Crippen LogP contribution in [0.1, 0.15) is 41.6 Å². The highest BCUT2D eigenvalue weighted by molar-refractivity contribution is 5.79. The van der Waals surface area contributed by atoms with Gasteiger partial charge in [-0.25, -0.2) is 4.98 Å². The lowest BCUT2D eigenvalue weighted by Crippen LogP contribution is -2.38. The van der Waals surface area contributed by atoms with Crippen molar-refractivity contribution in [2.75, 3.05) is 24.5 Å². The van der Waals surface area contributed by atoms with Crippen LogP contribution in [0.4, 0.5) is 5.95 Å². The molecule has 170 valence electrons. The SMILES string of the molecule is Cc1ccc(Oc2nc(N3CCCCC3)nc3c2CN(C(=O)Cc2ccccc2)CC3)cc1. The molecule has 0 saturated carbocycles. The molecule has 0 N–H and O–H groups in total. The zero-order valence-electron chi connectivity index (χ0n) is 19.2. The van der Waals surface area contributed by atoms with Crippen molar-refractivity contribution in [3.8, 4) is 11.6 Å². The lowest BCUT2D eigenvalue weighted by Gasteiger charge is -2.32. The van der Waals surface area contributed by atoms with Crippen LogP contribution in [0.25, 0.3) is 0 Å². The van der Waals surface area contributed by atoms with Gasteiger partial charge in [-0.05, 0) is 43.9 Å². The number of carbonyl (C=O) groups excluding carboxylic acids is 1. The minimum atomic E-state index is 0.119. The third-order valence-corrected chi connectivity index (χ3v) is 6.44. The molecule has 3 heterocycles. The summed E-state index contributed by atoms with van der Waals surface area (Å²) in [5.74, 6) is 2.19. The Labute approximate surface area is 195 Å². The van der Waals surface area contributed by atoms with Crippen molar-refractivity contribution in [3.63, 3.8) is 0 Å². The van der Waals surface area contributed by atoms with Gasteiger partial charge in [-0.2, -0.15) is 4.98 Å². The summed E-state index contributed by atoms with van der Waals surface area (Å²) in [6.45, 7) is 5.15. The molecule has 0 unspecified atom stereocenters. The molecule has 1 saturated heterocycles. The standard InChI is InChI=1S/C27H30N4O2/c1-20-10-12-22(13-11-20)33-26-23-19-31(25(32)18-21-8-4-2-5-9-21)17-14-24(23)28-27(29-26)30-15-6-3-7-16-30/h2,4-5,8-13H,3,6-7,14-19H2,1H3. The van der Waals surface area contributed by atoms with E-state index in [4.69, 9.17) is 14.7 Å². The number of hydrogen-bond acceptors (Lipinski definition) is 5. The molecule has 2 aromatic carbocycles. The van der Waals surface area contributed by atoms with Crippen LogP contribution in [-0.2, 0) is 24.2 Å². The molecule has 2 aliphatic heterocycles. The topological polar surface area (TPSA) is 58.6 Å². The van der Waals surface area contributed by atoms with Gasteiger partial charge in [0.1, 0.15) is 5.75 Å². The molecule has 1 fully saturated rings. The number of anilines is 1. The summed E-state index contributed by atoms with van der Waals surface area (Å²) in [5, 5.41) is 0. The summed E-state index contributed by atoms with van der Waals surface area (Å²) >= 11 is 0. The minimum Gasteiger partial charge on any atom is -0.438 e. The van der Waals surface area contributed by atoms with Gasteiger partial charge < -0.3 is 14.5 Å². The fourth-order valence-corrected chi connectivity index (χ4v) is 4.50. The molecule has 3 aromatic rings. The van der Waals surface area contributed by atoms with Crippen LogP contribution in [0, 0.1) is 6.92 Å². The lowest BCUT2D eigenvalue weighted by atomic mass is 10.0. The van der Waals surface area contributed by atoms with E-state index in [1.807, 2.05) is 59.5 Å². The second kappa shape index (κ2) is 9.61. The van der Waals surface area contributed by atoms with E-state index >= 15 is 0 Å². The Kier molecular flexibility index (Phi) is 6.24. The molecule has 5 rings (SSSR count). The van der Waals surface area contributed by atoms with Crippen molar-refractivity contribution in [2.45, 2.75) is 45.6 Å². The van der Waals surface area contributed by atoms with E-state index in [0.717, 1.165) is 54.4 Å². The fourth-order valence-electron chi connectivity index (χ4n) is 4.50. The third-order valence-electron chi connectivity index (χ3n) is 6.44. The number of aromatic nitrogens is 2. The molecular formula is C27H30N4O2. The first kappa shape index (κ1) is 21.4. The maximum absolute atomic E-state index is 13.0. The second-order valence-corrected chi connectivity index (χ2v) is 8.94. The number of ether oxygens (including phenoxy) is 1. The van der Waals surface area contributed by atoms with Gasteiger partial charge in [0.05, 0.1) is 24.2 Å². The molecule has 0 aliphatic carbocycles. The quantitative estimate of drug-likeness (QED) is 0.574. The van der Waals surface area contributed by atoms with Crippen LogP contribution in [-0.4, -0.2) is 40.4 Å². The van der Waals surface area contributed by atoms with Crippen molar-refractivity contribution < 1.29 is 9.53 Å². The third kappa shape index (κ3) is 5.00. The van der Waals surface area contributed by atoms with E-state index in [1.54, 1.807) is 0 Å². The summed E-state index contributed by atoms with van der Waals surface area (Å²) in [4.78, 5) is 27.0. The van der Waals surface area contributed by atoms with Crippen LogP contribution < -0.4 is 9.64 Å². The van der Waals surface area contributed by atoms with Gasteiger partial charge in [-0.15, -0.1) is 0 Å². The average molecular weight is 443 g/mol. The van der Waals surface area contributed by atoms with E-state index in [9.17, 15) is 4.79 Å². The van der Waals surface area contributed by atoms with E-state index in [0.29, 0.717) is 31.8 Å². The Hall–Kier alpha value is -3.41. The number of hydrogen-bond donors (Lipinski definition) is 0. The van der Waals surface area contributed by atoms with Crippen molar-refractivity contribution in [3.05, 3.63) is 77.0 Å². The summed E-state index contributed by atoms with van der Waals surface area (Å²) in [6, 6.07) is 17.9. The Morgan fingerprint density at radius 3 is 2.45 bits per heavy atom. The number of carbonyl (C=O) groups is 1. The Balaban J connectivity index is 1.43. The summed E-state index contributed by atoms with van der Waals surface area (Å²) in [6.07, 6.45) is 4.69. The number of rotatable bonds is 5. The molecule has 1 aromatic heterocycles. The average Bonchev–Trinajstić information content (AvgIpc) is 2.86. The van der Waals surface area contributed by atoms with Gasteiger partial charge in [0, 0.05) is 26.1 Å². The van der Waals surface area contributed by atoms with Crippen LogP contribution in [0.5, 0.6) is 11.6 Å². The van der Waals surface area contributed by atoms with E-state index < -0.39 is 0 Å². The first-order chi connectivity index (χ1) is 16.2. The summed E-state index contributed by atoms with van der Waals surface area (Å²) in [5.41, 5.74) is 4.13. The van der Waals surface area contributed by atoms with Gasteiger partial charge in [-0.3, -0.25) is 4.79 Å². The summed E-state index contributed by atoms with van der Waals surface area (Å²) < 4.78 is 6.29. The molecule has 0 bridgehead atoms. The number of piperidine rings is 1. The van der Waals surface area contributed by atoms with Gasteiger partial charge >= 0.3 is 0 Å². The Morgan fingerprint density at radius 2 is 1.70 bits per heavy atom. The first-order valence-corrected chi connectivity index (χ1v) is 11.9. The highest BCUT2D eigenvalue weighted by atomic mass is 16.5. The van der Waals surface area contributed by atoms with Gasteiger partial charge in [0.2, 0.25) is 17.7 Å². The molecule has 1 amide bonds. The summed E-state index contributed by atoms with van der Waals surface area (Å²) in [7, 11) is 0. The lowest BCUT2D eigenvalue weighted by molar-refractivity contribution is -0.131. The molecule has 2 aliphatic rings. The predicted molar refractivity (Wildman–Crippen MR) is 129 cm³/mol. The van der Waals surface area contributed by atoms with Crippen molar-refractivity contribution >= 4 is 11.9 Å². The molecule has 33 heavy (non-hydrogen) atoms. The van der Waals surface area contributed by atoms with E-state index in [1.165, 1.54) is 12.0 Å². The molecular weight excluding hydrogens is 412 g/mol. The van der Waals surface area contributed by atoms with Crippen LogP contribution in [0.2, 0.25) is 0 Å². The Bertz CT molecular complexity index is 1110. The fraction of sp³-hybridized carbons (Fsp3) is 0.370. The maximum Gasteiger partial charge on any atom is 0.229 e. The van der Waals surface area contributed by atoms with Crippen molar-refractivity contribution in [1.82, 2.24) is 14.9 Å². The zero-order valence-corrected chi connectivity index (χ0v) is 19.2. The van der Waals surface area contributed by atoms with Crippen LogP contribution in [0.15, 0.2) is 54.6 Å². The van der Waals surface area contributed by atoms with Crippen molar-refractivity contribution in [1.29, 1.82) is 0 Å². The molecule has 6 nitrogen and oxygen atoms in total. The largest absolute Gasteiger partial charge is 0.438 e. The van der Waals surface area contributed by atoms with Crippen molar-refractivity contribution in [2.24, 2.45) is 0 Å². The van der Waals surface area contributed by atoms with Crippen LogP contribution >= 0.6 is 0 Å². The molecule has 0 radical (unpaired) electrons. The number of amides is 1. The highest BCUT2D eigenvalue weighted by Gasteiger charge is 2.28. The Morgan fingerprint density at radius 1 is 0.939 bits per heavy atom. The monoisotopic (exact) mass is 442 g/mol. The second-order valence-electron chi connectivity index (χ2n) is 8.94. The van der Waals surface area contributed by atoms with E-state index in [2.05, 4.69) is 11.8 Å². The normalized spacial score (nSPS) is 15.8. The first-order valence-electron chi connectivity index (χ1n) is 11.9. The van der Waals surface area contributed by atoms with Gasteiger partial charge in [0.25, 0.3) is 0 Å². The smallest absolute Gasteiger partial charge is 0.229 e. The number of benzene rings is 2.